The number of halogens is 1. The van der Waals surface area contributed by atoms with Crippen LogP contribution in [0.1, 0.15) is 29.8 Å². The molecule has 112 valence electrons. The van der Waals surface area contributed by atoms with Crippen LogP contribution in [-0.4, -0.2) is 34.9 Å². The first-order valence-corrected chi connectivity index (χ1v) is 8.98. The van der Waals surface area contributed by atoms with Crippen LogP contribution in [0.4, 0.5) is 0 Å². The molecule has 1 saturated heterocycles. The fraction of sp³-hybridized carbons (Fsp3) is 0.429. The van der Waals surface area contributed by atoms with Crippen LogP contribution in [0.2, 0.25) is 4.34 Å². The molecular formula is C14H16ClN3OS2. The minimum atomic E-state index is -0.00435. The summed E-state index contributed by atoms with van der Waals surface area (Å²) in [5.74, 6) is -0.00435. The Kier molecular flexibility index (Phi) is 4.59. The van der Waals surface area contributed by atoms with E-state index in [1.54, 1.807) is 0 Å². The lowest BCUT2D eigenvalue weighted by Crippen LogP contribution is -2.47. The molecule has 0 saturated carbocycles. The number of nitrogens with two attached hydrogens (primary N) is 1. The molecule has 1 unspecified atom stereocenters. The van der Waals surface area contributed by atoms with E-state index >= 15 is 0 Å². The predicted molar refractivity (Wildman–Crippen MR) is 88.2 cm³/mol. The highest BCUT2D eigenvalue weighted by molar-refractivity contribution is 7.23. The van der Waals surface area contributed by atoms with Gasteiger partial charge in [0.15, 0.2) is 0 Å². The lowest BCUT2D eigenvalue weighted by Gasteiger charge is -2.34. The third-order valence-corrected chi connectivity index (χ3v) is 5.91. The Morgan fingerprint density at radius 3 is 3.05 bits per heavy atom. The third kappa shape index (κ3) is 3.13. The highest BCUT2D eigenvalue weighted by atomic mass is 35.5. The number of hydrogen-bond acceptors (Lipinski definition) is 5. The average molecular weight is 342 g/mol. The van der Waals surface area contributed by atoms with Crippen molar-refractivity contribution >= 4 is 40.2 Å². The van der Waals surface area contributed by atoms with E-state index in [4.69, 9.17) is 17.3 Å². The van der Waals surface area contributed by atoms with E-state index in [0.29, 0.717) is 12.2 Å². The van der Waals surface area contributed by atoms with Gasteiger partial charge in [0.1, 0.15) is 10.7 Å². The second kappa shape index (κ2) is 6.44. The SMILES string of the molecule is NCC1CCCCN1C(=O)c1csc(-c2ccc(Cl)s2)n1. The molecule has 2 aromatic rings. The number of piperidine rings is 1. The number of amides is 1. The quantitative estimate of drug-likeness (QED) is 0.929. The molecule has 1 aliphatic heterocycles. The van der Waals surface area contributed by atoms with Crippen LogP contribution in [0.5, 0.6) is 0 Å². The maximum atomic E-state index is 12.6. The van der Waals surface area contributed by atoms with Crippen molar-refractivity contribution in [1.29, 1.82) is 0 Å². The van der Waals surface area contributed by atoms with Crippen LogP contribution in [0, 0.1) is 0 Å². The fourth-order valence-electron chi connectivity index (χ4n) is 2.57. The largest absolute Gasteiger partial charge is 0.333 e. The number of likely N-dealkylation sites (tertiary alicyclic amines) is 1. The zero-order chi connectivity index (χ0) is 14.8. The number of nitrogens with zero attached hydrogens (tertiary/aromatic N) is 2. The van der Waals surface area contributed by atoms with Gasteiger partial charge in [0.25, 0.3) is 5.91 Å². The summed E-state index contributed by atoms with van der Waals surface area (Å²) in [6, 6.07) is 3.93. The summed E-state index contributed by atoms with van der Waals surface area (Å²) in [6.07, 6.45) is 3.17. The van der Waals surface area contributed by atoms with Gasteiger partial charge in [-0.15, -0.1) is 22.7 Å². The van der Waals surface area contributed by atoms with Crippen molar-refractivity contribution < 1.29 is 4.79 Å². The van der Waals surface area contributed by atoms with Crippen LogP contribution in [-0.2, 0) is 0 Å². The Labute approximate surface area is 136 Å². The van der Waals surface area contributed by atoms with Crippen LogP contribution in [0.3, 0.4) is 0 Å². The van der Waals surface area contributed by atoms with E-state index in [1.807, 2.05) is 22.4 Å². The molecule has 0 radical (unpaired) electrons. The van der Waals surface area contributed by atoms with Gasteiger partial charge in [-0.3, -0.25) is 4.79 Å². The summed E-state index contributed by atoms with van der Waals surface area (Å²) < 4.78 is 0.729. The topological polar surface area (TPSA) is 59.2 Å². The van der Waals surface area contributed by atoms with Crippen LogP contribution >= 0.6 is 34.3 Å². The maximum absolute atomic E-state index is 12.6. The van der Waals surface area contributed by atoms with Gasteiger partial charge in [0, 0.05) is 24.5 Å². The van der Waals surface area contributed by atoms with E-state index in [9.17, 15) is 4.79 Å². The van der Waals surface area contributed by atoms with Crippen molar-refractivity contribution in [2.24, 2.45) is 5.73 Å². The average Bonchev–Trinajstić information content (AvgIpc) is 3.15. The smallest absolute Gasteiger partial charge is 0.273 e. The van der Waals surface area contributed by atoms with Gasteiger partial charge in [-0.25, -0.2) is 4.98 Å². The number of thiazole rings is 1. The highest BCUT2D eigenvalue weighted by Crippen LogP contribution is 2.33. The second-order valence-electron chi connectivity index (χ2n) is 5.03. The molecule has 0 aliphatic carbocycles. The van der Waals surface area contributed by atoms with Gasteiger partial charge >= 0.3 is 0 Å². The molecular weight excluding hydrogens is 326 g/mol. The normalized spacial score (nSPS) is 19.0. The highest BCUT2D eigenvalue weighted by Gasteiger charge is 2.28. The zero-order valence-electron chi connectivity index (χ0n) is 11.4. The molecule has 1 fully saturated rings. The van der Waals surface area contributed by atoms with Crippen LogP contribution in [0.25, 0.3) is 9.88 Å². The Morgan fingerprint density at radius 1 is 1.48 bits per heavy atom. The molecule has 3 rings (SSSR count). The van der Waals surface area contributed by atoms with Crippen molar-refractivity contribution in [2.45, 2.75) is 25.3 Å². The summed E-state index contributed by atoms with van der Waals surface area (Å²) in [5.41, 5.74) is 6.30. The Bertz CT molecular complexity index is 640. The minimum Gasteiger partial charge on any atom is -0.333 e. The first kappa shape index (κ1) is 15.0. The standard InChI is InChI=1S/C14H16ClN3OS2/c15-12-5-4-11(21-12)13-17-10(8-20-13)14(19)18-6-2-1-3-9(18)7-16/h4-5,8-9H,1-3,6-7,16H2. The van der Waals surface area contributed by atoms with Gasteiger partial charge in [0.2, 0.25) is 0 Å². The van der Waals surface area contributed by atoms with Gasteiger partial charge in [0.05, 0.1) is 9.21 Å². The molecule has 0 spiro atoms. The van der Waals surface area contributed by atoms with Gasteiger partial charge < -0.3 is 10.6 Å². The molecule has 3 heterocycles. The number of aromatic nitrogens is 1. The summed E-state index contributed by atoms with van der Waals surface area (Å²) >= 11 is 8.90. The summed E-state index contributed by atoms with van der Waals surface area (Å²) in [5, 5.41) is 2.67. The molecule has 21 heavy (non-hydrogen) atoms. The molecule has 4 nitrogen and oxygen atoms in total. The lowest BCUT2D eigenvalue weighted by molar-refractivity contribution is 0.0618. The molecule has 2 aromatic heterocycles. The summed E-state index contributed by atoms with van der Waals surface area (Å²) in [6.45, 7) is 1.29. The zero-order valence-corrected chi connectivity index (χ0v) is 13.8. The number of carbonyl (C=O) groups excluding carboxylic acids is 1. The van der Waals surface area contributed by atoms with Crippen molar-refractivity contribution in [2.75, 3.05) is 13.1 Å². The number of thiophene rings is 1. The van der Waals surface area contributed by atoms with Crippen molar-refractivity contribution in [3.05, 3.63) is 27.5 Å². The van der Waals surface area contributed by atoms with Crippen LogP contribution < -0.4 is 5.73 Å². The summed E-state index contributed by atoms with van der Waals surface area (Å²) in [7, 11) is 0. The first-order chi connectivity index (χ1) is 10.2. The molecule has 1 amide bonds. The molecule has 2 N–H and O–H groups in total. The molecule has 1 aliphatic rings. The number of hydrogen-bond donors (Lipinski definition) is 1. The van der Waals surface area contributed by atoms with Gasteiger partial charge in [-0.2, -0.15) is 0 Å². The Balaban J connectivity index is 1.80. The Morgan fingerprint density at radius 2 is 2.33 bits per heavy atom. The van der Waals surface area contributed by atoms with E-state index in [0.717, 1.165) is 40.0 Å². The summed E-state index contributed by atoms with van der Waals surface area (Å²) in [4.78, 5) is 20.0. The van der Waals surface area contributed by atoms with E-state index in [-0.39, 0.29) is 11.9 Å². The molecule has 7 heteroatoms. The van der Waals surface area contributed by atoms with E-state index in [1.165, 1.54) is 22.7 Å². The van der Waals surface area contributed by atoms with E-state index < -0.39 is 0 Å². The number of carbonyl (C=O) groups is 1. The monoisotopic (exact) mass is 341 g/mol. The molecule has 0 bridgehead atoms. The second-order valence-corrected chi connectivity index (χ2v) is 7.60. The van der Waals surface area contributed by atoms with Gasteiger partial charge in [-0.05, 0) is 31.4 Å². The van der Waals surface area contributed by atoms with Crippen molar-refractivity contribution in [1.82, 2.24) is 9.88 Å². The van der Waals surface area contributed by atoms with E-state index in [2.05, 4.69) is 4.98 Å². The van der Waals surface area contributed by atoms with Crippen molar-refractivity contribution in [3.8, 4) is 9.88 Å². The fourth-order valence-corrected chi connectivity index (χ4v) is 4.48. The van der Waals surface area contributed by atoms with Gasteiger partial charge in [-0.1, -0.05) is 11.6 Å². The predicted octanol–water partition coefficient (Wildman–Crippen LogP) is 3.48. The first-order valence-electron chi connectivity index (χ1n) is 6.91. The van der Waals surface area contributed by atoms with Crippen molar-refractivity contribution in [3.63, 3.8) is 0 Å². The minimum absolute atomic E-state index is 0.00435. The van der Waals surface area contributed by atoms with Crippen LogP contribution in [0.15, 0.2) is 17.5 Å². The molecule has 0 aromatic carbocycles. The number of rotatable bonds is 3. The maximum Gasteiger partial charge on any atom is 0.273 e. The Hall–Kier alpha value is -0.950. The third-order valence-electron chi connectivity index (χ3n) is 3.67. The molecule has 1 atom stereocenters. The lowest BCUT2D eigenvalue weighted by atomic mass is 10.0.